The lowest BCUT2D eigenvalue weighted by atomic mass is 9.95. The molecule has 2 nitrogen and oxygen atoms in total. The Hall–Kier alpha value is -1.57. The predicted molar refractivity (Wildman–Crippen MR) is 46.1 cm³/mol. The van der Waals surface area contributed by atoms with Crippen LogP contribution in [0.25, 0.3) is 6.08 Å². The van der Waals surface area contributed by atoms with Crippen LogP contribution in [0.2, 0.25) is 0 Å². The maximum absolute atomic E-state index is 11.3. The Morgan fingerprint density at radius 2 is 2.17 bits per heavy atom. The normalized spacial score (nSPS) is 14.5. The van der Waals surface area contributed by atoms with E-state index in [4.69, 9.17) is 0 Å². The topological polar surface area (TPSA) is 37.3 Å². The number of allylic oxidation sites excluding steroid dienone is 1. The lowest BCUT2D eigenvalue weighted by Gasteiger charge is -2.09. The molecule has 12 heavy (non-hydrogen) atoms. The fourth-order valence-corrected chi connectivity index (χ4v) is 1.40. The summed E-state index contributed by atoms with van der Waals surface area (Å²) in [4.78, 5) is 11.3. The van der Waals surface area contributed by atoms with Gasteiger partial charge >= 0.3 is 0 Å². The van der Waals surface area contributed by atoms with Gasteiger partial charge in [0.05, 0.1) is 5.56 Å². The summed E-state index contributed by atoms with van der Waals surface area (Å²) in [5, 5.41) is 9.37. The smallest absolute Gasteiger partial charge is 0.170 e. The third kappa shape index (κ3) is 0.925. The van der Waals surface area contributed by atoms with Crippen molar-refractivity contribution in [2.45, 2.75) is 6.42 Å². The van der Waals surface area contributed by atoms with Crippen molar-refractivity contribution >= 4 is 11.9 Å². The molecule has 0 unspecified atom stereocenters. The third-order valence-corrected chi connectivity index (χ3v) is 1.95. The SMILES string of the molecule is O=C1CC=Cc2cccc(O)c21. The second-order valence-corrected chi connectivity index (χ2v) is 2.77. The molecular weight excluding hydrogens is 152 g/mol. The van der Waals surface area contributed by atoms with E-state index in [1.54, 1.807) is 6.07 Å². The number of aromatic hydroxyl groups is 1. The zero-order valence-electron chi connectivity index (χ0n) is 6.45. The number of rotatable bonds is 0. The van der Waals surface area contributed by atoms with Crippen LogP contribution in [0.15, 0.2) is 24.3 Å². The summed E-state index contributed by atoms with van der Waals surface area (Å²) in [6, 6.07) is 5.09. The van der Waals surface area contributed by atoms with Crippen LogP contribution >= 0.6 is 0 Å². The highest BCUT2D eigenvalue weighted by atomic mass is 16.3. The minimum absolute atomic E-state index is 0.00870. The van der Waals surface area contributed by atoms with Crippen molar-refractivity contribution in [2.24, 2.45) is 0 Å². The molecule has 1 aliphatic rings. The largest absolute Gasteiger partial charge is 0.507 e. The second kappa shape index (κ2) is 2.48. The maximum atomic E-state index is 11.3. The molecule has 60 valence electrons. The maximum Gasteiger partial charge on any atom is 0.170 e. The minimum atomic E-state index is -0.00870. The van der Waals surface area contributed by atoms with Gasteiger partial charge in [0.1, 0.15) is 5.75 Å². The first-order chi connectivity index (χ1) is 5.79. The average molecular weight is 160 g/mol. The van der Waals surface area contributed by atoms with E-state index < -0.39 is 0 Å². The van der Waals surface area contributed by atoms with E-state index in [1.807, 2.05) is 18.2 Å². The summed E-state index contributed by atoms with van der Waals surface area (Å²) >= 11 is 0. The van der Waals surface area contributed by atoms with Crippen LogP contribution in [-0.4, -0.2) is 10.9 Å². The second-order valence-electron chi connectivity index (χ2n) is 2.77. The Morgan fingerprint density at radius 3 is 2.92 bits per heavy atom. The molecule has 1 N–H and O–H groups in total. The van der Waals surface area contributed by atoms with Gasteiger partial charge in [0, 0.05) is 6.42 Å². The quantitative estimate of drug-likeness (QED) is 0.630. The number of hydrogen-bond donors (Lipinski definition) is 1. The van der Waals surface area contributed by atoms with Gasteiger partial charge in [-0.1, -0.05) is 24.3 Å². The van der Waals surface area contributed by atoms with Crippen molar-refractivity contribution in [3.8, 4) is 5.75 Å². The first kappa shape index (κ1) is 7.10. The standard InChI is InChI=1S/C10H8O2/c11-8-5-1-3-7-4-2-6-9(12)10(7)8/h1-5,11H,6H2. The van der Waals surface area contributed by atoms with E-state index in [1.165, 1.54) is 6.07 Å². The highest BCUT2D eigenvalue weighted by Crippen LogP contribution is 2.26. The molecule has 0 bridgehead atoms. The van der Waals surface area contributed by atoms with E-state index >= 15 is 0 Å². The molecule has 1 aliphatic carbocycles. The molecule has 0 spiro atoms. The average Bonchev–Trinajstić information content (AvgIpc) is 2.04. The molecule has 0 aromatic heterocycles. The van der Waals surface area contributed by atoms with Crippen molar-refractivity contribution in [1.82, 2.24) is 0 Å². The van der Waals surface area contributed by atoms with Gasteiger partial charge < -0.3 is 5.11 Å². The summed E-state index contributed by atoms with van der Waals surface area (Å²) in [6.07, 6.45) is 4.06. The van der Waals surface area contributed by atoms with E-state index in [-0.39, 0.29) is 11.5 Å². The van der Waals surface area contributed by atoms with Gasteiger partial charge in [-0.15, -0.1) is 0 Å². The lowest BCUT2D eigenvalue weighted by molar-refractivity contribution is 0.0992. The highest BCUT2D eigenvalue weighted by molar-refractivity contribution is 6.04. The summed E-state index contributed by atoms with van der Waals surface area (Å²) < 4.78 is 0. The van der Waals surface area contributed by atoms with Crippen LogP contribution in [-0.2, 0) is 0 Å². The van der Waals surface area contributed by atoms with E-state index in [0.717, 1.165) is 5.56 Å². The van der Waals surface area contributed by atoms with Gasteiger partial charge in [-0.3, -0.25) is 4.79 Å². The van der Waals surface area contributed by atoms with Gasteiger partial charge in [0.15, 0.2) is 5.78 Å². The van der Waals surface area contributed by atoms with Crippen molar-refractivity contribution < 1.29 is 9.90 Å². The zero-order chi connectivity index (χ0) is 8.55. The fourth-order valence-electron chi connectivity index (χ4n) is 1.40. The molecule has 0 atom stereocenters. The molecule has 0 heterocycles. The van der Waals surface area contributed by atoms with Crippen LogP contribution in [0.4, 0.5) is 0 Å². The molecule has 0 saturated heterocycles. The van der Waals surface area contributed by atoms with Crippen LogP contribution in [0, 0.1) is 0 Å². The van der Waals surface area contributed by atoms with Crippen LogP contribution in [0.1, 0.15) is 22.3 Å². The van der Waals surface area contributed by atoms with Crippen LogP contribution < -0.4 is 0 Å². The number of Topliss-reactive ketones (excluding diaryl/α,β-unsaturated/α-hetero) is 1. The number of fused-ring (bicyclic) bond motifs is 1. The molecule has 2 heteroatoms. The summed E-state index contributed by atoms with van der Waals surface area (Å²) in [5.74, 6) is 0.0763. The first-order valence-electron chi connectivity index (χ1n) is 3.81. The monoisotopic (exact) mass is 160 g/mol. The predicted octanol–water partition coefficient (Wildman–Crippen LogP) is 1.99. The number of carbonyl (C=O) groups excluding carboxylic acids is 1. The number of phenols is 1. The van der Waals surface area contributed by atoms with E-state index in [2.05, 4.69) is 0 Å². The molecular formula is C10H8O2. The third-order valence-electron chi connectivity index (χ3n) is 1.95. The fraction of sp³-hybridized carbons (Fsp3) is 0.100. The number of carbonyl (C=O) groups is 1. The Morgan fingerprint density at radius 1 is 1.33 bits per heavy atom. The van der Waals surface area contributed by atoms with Gasteiger partial charge in [-0.25, -0.2) is 0 Å². The zero-order valence-corrected chi connectivity index (χ0v) is 6.45. The van der Waals surface area contributed by atoms with E-state index in [9.17, 15) is 9.90 Å². The van der Waals surface area contributed by atoms with E-state index in [0.29, 0.717) is 12.0 Å². The minimum Gasteiger partial charge on any atom is -0.507 e. The number of ketones is 1. The molecule has 0 aliphatic heterocycles. The molecule has 2 rings (SSSR count). The van der Waals surface area contributed by atoms with Crippen molar-refractivity contribution in [3.05, 3.63) is 35.4 Å². The molecule has 1 aromatic rings. The van der Waals surface area contributed by atoms with Crippen molar-refractivity contribution in [3.63, 3.8) is 0 Å². The van der Waals surface area contributed by atoms with Crippen molar-refractivity contribution in [2.75, 3.05) is 0 Å². The van der Waals surface area contributed by atoms with Crippen LogP contribution in [0.5, 0.6) is 5.75 Å². The molecule has 0 amide bonds. The number of benzene rings is 1. The first-order valence-corrected chi connectivity index (χ1v) is 3.81. The highest BCUT2D eigenvalue weighted by Gasteiger charge is 2.16. The summed E-state index contributed by atoms with van der Waals surface area (Å²) in [6.45, 7) is 0. The Labute approximate surface area is 70.2 Å². The summed E-state index contributed by atoms with van der Waals surface area (Å²) in [5.41, 5.74) is 1.27. The summed E-state index contributed by atoms with van der Waals surface area (Å²) in [7, 11) is 0. The molecule has 0 radical (unpaired) electrons. The molecule has 0 saturated carbocycles. The van der Waals surface area contributed by atoms with Gasteiger partial charge in [0.25, 0.3) is 0 Å². The Balaban J connectivity index is 2.70. The Bertz CT molecular complexity index is 364. The lowest BCUT2D eigenvalue weighted by Crippen LogP contribution is -2.03. The molecule has 0 fully saturated rings. The van der Waals surface area contributed by atoms with Gasteiger partial charge in [0.2, 0.25) is 0 Å². The molecule has 1 aromatic carbocycles. The number of hydrogen-bond acceptors (Lipinski definition) is 2. The van der Waals surface area contributed by atoms with Crippen molar-refractivity contribution in [1.29, 1.82) is 0 Å². The number of phenolic OH excluding ortho intramolecular Hbond substituents is 1. The Kier molecular flexibility index (Phi) is 1.47. The van der Waals surface area contributed by atoms with Gasteiger partial charge in [-0.2, -0.15) is 0 Å². The van der Waals surface area contributed by atoms with Gasteiger partial charge in [-0.05, 0) is 11.6 Å². The van der Waals surface area contributed by atoms with Crippen LogP contribution in [0.3, 0.4) is 0 Å².